The van der Waals surface area contributed by atoms with Gasteiger partial charge >= 0.3 is 5.97 Å². The zero-order chi connectivity index (χ0) is 16.8. The van der Waals surface area contributed by atoms with Crippen molar-refractivity contribution in [2.75, 3.05) is 10.6 Å². The molecular weight excluding hydrogens is 318 g/mol. The minimum Gasteiger partial charge on any atom is -0.478 e. The van der Waals surface area contributed by atoms with Gasteiger partial charge in [0.2, 0.25) is 11.8 Å². The van der Waals surface area contributed by atoms with Gasteiger partial charge in [-0.2, -0.15) is 0 Å². The summed E-state index contributed by atoms with van der Waals surface area (Å²) in [5.41, 5.74) is 1.45. The van der Waals surface area contributed by atoms with E-state index in [1.165, 1.54) is 35.6 Å². The van der Waals surface area contributed by atoms with Crippen molar-refractivity contribution in [3.8, 4) is 0 Å². The molecule has 0 unspecified atom stereocenters. The maximum atomic E-state index is 11.8. The first-order chi connectivity index (χ1) is 10.9. The number of rotatable bonds is 6. The van der Waals surface area contributed by atoms with E-state index in [1.54, 1.807) is 0 Å². The predicted octanol–water partition coefficient (Wildman–Crippen LogP) is 2.51. The average molecular weight is 333 g/mol. The average Bonchev–Trinajstić information content (AvgIpc) is 2.91. The van der Waals surface area contributed by atoms with Crippen LogP contribution in [0.5, 0.6) is 0 Å². The van der Waals surface area contributed by atoms with Crippen LogP contribution in [0.2, 0.25) is 0 Å². The largest absolute Gasteiger partial charge is 0.478 e. The molecule has 1 aromatic heterocycles. The van der Waals surface area contributed by atoms with E-state index in [0.29, 0.717) is 10.8 Å². The molecule has 0 saturated heterocycles. The number of hydrogen-bond donors (Lipinski definition) is 3. The first-order valence-corrected chi connectivity index (χ1v) is 7.67. The monoisotopic (exact) mass is 333 g/mol. The van der Waals surface area contributed by atoms with Crippen molar-refractivity contribution < 1.29 is 19.5 Å². The van der Waals surface area contributed by atoms with Gasteiger partial charge in [0.1, 0.15) is 0 Å². The van der Waals surface area contributed by atoms with Crippen molar-refractivity contribution in [1.29, 1.82) is 0 Å². The van der Waals surface area contributed by atoms with Crippen LogP contribution in [0.4, 0.5) is 10.8 Å². The fraction of sp³-hybridized carbons (Fsp3) is 0.200. The normalized spacial score (nSPS) is 10.1. The van der Waals surface area contributed by atoms with Crippen LogP contribution in [-0.2, 0) is 9.59 Å². The van der Waals surface area contributed by atoms with E-state index in [0.717, 1.165) is 5.69 Å². The summed E-state index contributed by atoms with van der Waals surface area (Å²) in [5.74, 6) is -1.63. The lowest BCUT2D eigenvalue weighted by Gasteiger charge is -2.05. The van der Waals surface area contributed by atoms with Crippen molar-refractivity contribution in [1.82, 2.24) is 4.98 Å². The number of aromatic carboxylic acids is 1. The second kappa shape index (κ2) is 7.50. The van der Waals surface area contributed by atoms with Crippen LogP contribution in [0.25, 0.3) is 0 Å². The third kappa shape index (κ3) is 5.19. The third-order valence-corrected chi connectivity index (χ3v) is 3.74. The summed E-state index contributed by atoms with van der Waals surface area (Å²) in [7, 11) is 0. The Morgan fingerprint density at radius 1 is 1.09 bits per heavy atom. The van der Waals surface area contributed by atoms with Gasteiger partial charge in [0.05, 0.1) is 11.3 Å². The van der Waals surface area contributed by atoms with Crippen molar-refractivity contribution in [3.05, 3.63) is 40.9 Å². The summed E-state index contributed by atoms with van der Waals surface area (Å²) < 4.78 is 0. The fourth-order valence-electron chi connectivity index (χ4n) is 1.74. The van der Waals surface area contributed by atoms with Gasteiger partial charge < -0.3 is 15.7 Å². The molecule has 2 rings (SSSR count). The van der Waals surface area contributed by atoms with Crippen LogP contribution in [0.1, 0.15) is 28.9 Å². The Hall–Kier alpha value is -2.74. The Labute approximate surface area is 136 Å². The minimum absolute atomic E-state index is 0.0247. The molecule has 8 heteroatoms. The number of anilines is 2. The molecule has 0 radical (unpaired) electrons. The quantitative estimate of drug-likeness (QED) is 0.752. The summed E-state index contributed by atoms with van der Waals surface area (Å²) in [6.07, 6.45) is 0.0640. The second-order valence-corrected chi connectivity index (χ2v) is 5.63. The first kappa shape index (κ1) is 16.6. The Balaban J connectivity index is 1.78. The summed E-state index contributed by atoms with van der Waals surface area (Å²) in [5, 5.41) is 16.4. The smallest absolute Gasteiger partial charge is 0.335 e. The van der Waals surface area contributed by atoms with Crippen LogP contribution in [0, 0.1) is 6.92 Å². The van der Waals surface area contributed by atoms with Gasteiger partial charge in [-0.25, -0.2) is 9.78 Å². The fourth-order valence-corrected chi connectivity index (χ4v) is 2.44. The first-order valence-electron chi connectivity index (χ1n) is 6.79. The molecule has 0 aliphatic rings. The Kier molecular flexibility index (Phi) is 5.42. The lowest BCUT2D eigenvalue weighted by atomic mass is 10.2. The van der Waals surface area contributed by atoms with E-state index in [4.69, 9.17) is 5.11 Å². The molecule has 0 atom stereocenters. The lowest BCUT2D eigenvalue weighted by Crippen LogP contribution is -2.17. The Morgan fingerprint density at radius 2 is 1.70 bits per heavy atom. The number of carbonyl (C=O) groups excluding carboxylic acids is 2. The van der Waals surface area contributed by atoms with Gasteiger partial charge in [0.15, 0.2) is 5.13 Å². The highest BCUT2D eigenvalue weighted by Crippen LogP contribution is 2.15. The number of carboxylic acids is 1. The predicted molar refractivity (Wildman–Crippen MR) is 86.7 cm³/mol. The molecule has 0 saturated carbocycles. The zero-order valence-corrected chi connectivity index (χ0v) is 13.1. The third-order valence-electron chi connectivity index (χ3n) is 2.86. The maximum Gasteiger partial charge on any atom is 0.335 e. The lowest BCUT2D eigenvalue weighted by molar-refractivity contribution is -0.121. The van der Waals surface area contributed by atoms with E-state index in [-0.39, 0.29) is 30.2 Å². The minimum atomic E-state index is -1.03. The number of nitrogens with one attached hydrogen (secondary N) is 2. The molecular formula is C15H15N3O4S. The molecule has 2 amide bonds. The number of thiazole rings is 1. The van der Waals surface area contributed by atoms with E-state index in [2.05, 4.69) is 15.6 Å². The highest BCUT2D eigenvalue weighted by Gasteiger charge is 2.10. The summed E-state index contributed by atoms with van der Waals surface area (Å²) in [4.78, 5) is 38.3. The number of amides is 2. The Morgan fingerprint density at radius 3 is 2.22 bits per heavy atom. The van der Waals surface area contributed by atoms with E-state index in [9.17, 15) is 14.4 Å². The molecule has 0 aliphatic carbocycles. The van der Waals surface area contributed by atoms with E-state index < -0.39 is 5.97 Å². The summed E-state index contributed by atoms with van der Waals surface area (Å²) >= 11 is 1.33. The van der Waals surface area contributed by atoms with Crippen LogP contribution in [-0.4, -0.2) is 27.9 Å². The zero-order valence-electron chi connectivity index (χ0n) is 12.3. The molecule has 7 nitrogen and oxygen atoms in total. The highest BCUT2D eigenvalue weighted by atomic mass is 32.1. The van der Waals surface area contributed by atoms with E-state index >= 15 is 0 Å². The standard InChI is InChI=1S/C15H15N3O4S/c1-9-8-23-15(16-9)18-13(20)7-6-12(19)17-11-4-2-10(3-5-11)14(21)22/h2-5,8H,6-7H2,1H3,(H,17,19)(H,21,22)(H,16,18,20). The van der Waals surface area contributed by atoms with Crippen LogP contribution >= 0.6 is 11.3 Å². The molecule has 0 bridgehead atoms. The van der Waals surface area contributed by atoms with Crippen molar-refractivity contribution in [2.24, 2.45) is 0 Å². The Bertz CT molecular complexity index is 725. The molecule has 120 valence electrons. The van der Waals surface area contributed by atoms with Gasteiger partial charge in [0.25, 0.3) is 0 Å². The SMILES string of the molecule is Cc1csc(NC(=O)CCC(=O)Nc2ccc(C(=O)O)cc2)n1. The number of nitrogens with zero attached hydrogens (tertiary/aromatic N) is 1. The molecule has 0 aliphatic heterocycles. The summed E-state index contributed by atoms with van der Waals surface area (Å²) in [6.45, 7) is 1.83. The van der Waals surface area contributed by atoms with Gasteiger partial charge in [-0.05, 0) is 31.2 Å². The molecule has 1 aromatic carbocycles. The maximum absolute atomic E-state index is 11.8. The molecule has 0 spiro atoms. The van der Waals surface area contributed by atoms with Crippen molar-refractivity contribution >= 4 is 39.9 Å². The number of hydrogen-bond acceptors (Lipinski definition) is 5. The molecule has 0 fully saturated rings. The molecule has 23 heavy (non-hydrogen) atoms. The molecule has 3 N–H and O–H groups in total. The van der Waals surface area contributed by atoms with Gasteiger partial charge in [-0.1, -0.05) is 0 Å². The number of aromatic nitrogens is 1. The van der Waals surface area contributed by atoms with Gasteiger partial charge in [-0.15, -0.1) is 11.3 Å². The molecule has 1 heterocycles. The topological polar surface area (TPSA) is 108 Å². The number of carbonyl (C=O) groups is 3. The van der Waals surface area contributed by atoms with E-state index in [1.807, 2.05) is 12.3 Å². The van der Waals surface area contributed by atoms with Crippen LogP contribution < -0.4 is 10.6 Å². The van der Waals surface area contributed by atoms with Gasteiger partial charge in [-0.3, -0.25) is 9.59 Å². The van der Waals surface area contributed by atoms with Gasteiger partial charge in [0, 0.05) is 23.9 Å². The van der Waals surface area contributed by atoms with Crippen LogP contribution in [0.3, 0.4) is 0 Å². The second-order valence-electron chi connectivity index (χ2n) is 4.77. The number of benzene rings is 1. The van der Waals surface area contributed by atoms with Crippen LogP contribution in [0.15, 0.2) is 29.6 Å². The number of carboxylic acid groups (broad SMARTS) is 1. The molecule has 2 aromatic rings. The highest BCUT2D eigenvalue weighted by molar-refractivity contribution is 7.13. The van der Waals surface area contributed by atoms with Crippen molar-refractivity contribution in [3.63, 3.8) is 0 Å². The summed E-state index contributed by atoms with van der Waals surface area (Å²) in [6, 6.07) is 5.80. The van der Waals surface area contributed by atoms with Crippen molar-refractivity contribution in [2.45, 2.75) is 19.8 Å². The number of aryl methyl sites for hydroxylation is 1.